The monoisotopic (exact) mass is 371 g/mol. The second-order valence-electron chi connectivity index (χ2n) is 5.24. The first-order valence-corrected chi connectivity index (χ1v) is 9.70. The van der Waals surface area contributed by atoms with Gasteiger partial charge >= 0.3 is 0 Å². The summed E-state index contributed by atoms with van der Waals surface area (Å²) in [5.74, 6) is 0.879. The molecule has 0 saturated carbocycles. The van der Waals surface area contributed by atoms with E-state index in [2.05, 4.69) is 27.4 Å². The molecule has 2 rings (SSSR count). The van der Waals surface area contributed by atoms with Crippen molar-refractivity contribution in [3.8, 4) is 0 Å². The molecule has 0 saturated heterocycles. The van der Waals surface area contributed by atoms with Gasteiger partial charge in [-0.25, -0.2) is 13.4 Å². The quantitative estimate of drug-likeness (QED) is 0.800. The van der Waals surface area contributed by atoms with Crippen molar-refractivity contribution in [2.75, 3.05) is 4.72 Å². The maximum Gasteiger partial charge on any atom is 0.264 e. The Labute approximate surface area is 146 Å². The minimum Gasteiger partial charge on any atom is -0.253 e. The van der Waals surface area contributed by atoms with Crippen molar-refractivity contribution in [3.63, 3.8) is 0 Å². The molecule has 2 aromatic rings. The van der Waals surface area contributed by atoms with Gasteiger partial charge in [-0.1, -0.05) is 31.5 Å². The summed E-state index contributed by atoms with van der Waals surface area (Å²) in [7, 11) is -3.73. The number of aryl methyl sites for hydroxylation is 1. The first-order valence-electron chi connectivity index (χ1n) is 7.06. The lowest BCUT2D eigenvalue weighted by molar-refractivity contribution is 0.600. The van der Waals surface area contributed by atoms with E-state index in [1.54, 1.807) is 19.1 Å². The Bertz CT molecular complexity index is 773. The van der Waals surface area contributed by atoms with Crippen molar-refractivity contribution >= 4 is 38.3 Å². The van der Waals surface area contributed by atoms with Crippen LogP contribution in [0, 0.1) is 26.2 Å². The van der Waals surface area contributed by atoms with Gasteiger partial charge in [0.2, 0.25) is 5.13 Å². The predicted octanol–water partition coefficient (Wildman–Crippen LogP) is 3.91. The van der Waals surface area contributed by atoms with E-state index in [1.807, 2.05) is 6.92 Å². The molecular formula is C15H18ClN3O2S2. The van der Waals surface area contributed by atoms with Crippen LogP contribution in [0.25, 0.3) is 0 Å². The zero-order chi connectivity index (χ0) is 17.0. The number of nitrogens with zero attached hydrogens (tertiary/aromatic N) is 2. The Kier molecular flexibility index (Phi) is 6.00. The smallest absolute Gasteiger partial charge is 0.253 e. The molecule has 1 N–H and O–H groups in total. The molecule has 23 heavy (non-hydrogen) atoms. The molecular weight excluding hydrogens is 354 g/mol. The van der Waals surface area contributed by atoms with E-state index >= 15 is 0 Å². The molecule has 1 atom stereocenters. The summed E-state index contributed by atoms with van der Waals surface area (Å²) >= 11 is 7.01. The maximum atomic E-state index is 12.4. The van der Waals surface area contributed by atoms with Gasteiger partial charge in [0, 0.05) is 23.0 Å². The summed E-state index contributed by atoms with van der Waals surface area (Å²) in [6.45, 7) is 7.54. The van der Waals surface area contributed by atoms with Gasteiger partial charge in [-0.05, 0) is 43.4 Å². The summed E-state index contributed by atoms with van der Waals surface area (Å²) in [5.41, 5.74) is 0.505. The Hall–Kier alpha value is -1.18. The molecule has 8 heteroatoms. The van der Waals surface area contributed by atoms with E-state index in [4.69, 9.17) is 11.6 Å². The molecule has 0 amide bonds. The second kappa shape index (κ2) is 7.59. The number of rotatable bonds is 7. The van der Waals surface area contributed by atoms with Crippen LogP contribution in [0.5, 0.6) is 0 Å². The Morgan fingerprint density at radius 1 is 1.48 bits per heavy atom. The van der Waals surface area contributed by atoms with Crippen LogP contribution in [0.3, 0.4) is 0 Å². The SMILES string of the molecule is [CH2]C(C)[CH]CCc1nsc(NS(=O)(=O)c2cccc(Cl)c2C)n1. The summed E-state index contributed by atoms with van der Waals surface area (Å²) in [6, 6.07) is 4.76. The van der Waals surface area contributed by atoms with Gasteiger partial charge in [0.1, 0.15) is 5.82 Å². The van der Waals surface area contributed by atoms with Crippen LogP contribution in [-0.2, 0) is 16.4 Å². The average molecular weight is 372 g/mol. The van der Waals surface area contributed by atoms with Gasteiger partial charge in [-0.15, -0.1) is 0 Å². The zero-order valence-electron chi connectivity index (χ0n) is 12.9. The summed E-state index contributed by atoms with van der Waals surface area (Å²) in [4.78, 5) is 4.35. The van der Waals surface area contributed by atoms with Gasteiger partial charge < -0.3 is 0 Å². The van der Waals surface area contributed by atoms with E-state index in [0.29, 0.717) is 22.8 Å². The van der Waals surface area contributed by atoms with Crippen molar-refractivity contribution in [1.29, 1.82) is 0 Å². The Balaban J connectivity index is 2.09. The number of nitrogens with one attached hydrogen (secondary N) is 1. The largest absolute Gasteiger partial charge is 0.264 e. The highest BCUT2D eigenvalue weighted by molar-refractivity contribution is 7.93. The van der Waals surface area contributed by atoms with Crippen molar-refractivity contribution in [2.45, 2.75) is 31.6 Å². The zero-order valence-corrected chi connectivity index (χ0v) is 15.3. The van der Waals surface area contributed by atoms with Crippen molar-refractivity contribution in [2.24, 2.45) is 5.92 Å². The van der Waals surface area contributed by atoms with E-state index in [0.717, 1.165) is 18.0 Å². The third-order valence-corrected chi connectivity index (χ3v) is 5.82. The molecule has 0 aliphatic heterocycles. The topological polar surface area (TPSA) is 72.0 Å². The number of aromatic nitrogens is 2. The van der Waals surface area contributed by atoms with Crippen LogP contribution in [0.1, 0.15) is 24.7 Å². The van der Waals surface area contributed by atoms with Crippen molar-refractivity contribution in [3.05, 3.63) is 48.0 Å². The van der Waals surface area contributed by atoms with Crippen LogP contribution in [0.2, 0.25) is 5.02 Å². The van der Waals surface area contributed by atoms with Crippen LogP contribution >= 0.6 is 23.1 Å². The standard InChI is InChI=1S/C15H18ClN3O2S2/c1-10(2)6-4-9-14-17-15(22-18-14)19-23(20,21)13-8-5-7-12(16)11(13)3/h5-8,10H,1,4,9H2,2-3H3,(H,17,18,19). The second-order valence-corrected chi connectivity index (χ2v) is 8.05. The lowest BCUT2D eigenvalue weighted by atomic mass is 10.1. The first kappa shape index (κ1) is 18.2. The van der Waals surface area contributed by atoms with Crippen molar-refractivity contribution < 1.29 is 8.42 Å². The molecule has 0 fully saturated rings. The van der Waals surface area contributed by atoms with Crippen LogP contribution in [-0.4, -0.2) is 17.8 Å². The maximum absolute atomic E-state index is 12.4. The lowest BCUT2D eigenvalue weighted by Crippen LogP contribution is -2.14. The molecule has 5 nitrogen and oxygen atoms in total. The minimum atomic E-state index is -3.73. The van der Waals surface area contributed by atoms with Gasteiger partial charge in [-0.3, -0.25) is 4.72 Å². The van der Waals surface area contributed by atoms with Gasteiger partial charge in [0.15, 0.2) is 0 Å². The molecule has 1 aromatic carbocycles. The highest BCUT2D eigenvalue weighted by Gasteiger charge is 2.20. The van der Waals surface area contributed by atoms with Crippen LogP contribution < -0.4 is 4.72 Å². The first-order chi connectivity index (χ1) is 10.8. The average Bonchev–Trinajstić information content (AvgIpc) is 2.88. The molecule has 0 bridgehead atoms. The van der Waals surface area contributed by atoms with Gasteiger partial charge in [-0.2, -0.15) is 4.37 Å². The van der Waals surface area contributed by atoms with Crippen molar-refractivity contribution in [1.82, 2.24) is 9.36 Å². The normalized spacial score (nSPS) is 11.9. The van der Waals surface area contributed by atoms with Gasteiger partial charge in [0.25, 0.3) is 10.0 Å². The number of benzene rings is 1. The Morgan fingerprint density at radius 3 is 2.91 bits per heavy atom. The summed E-state index contributed by atoms with van der Waals surface area (Å²) in [6.07, 6.45) is 3.54. The number of hydrogen-bond donors (Lipinski definition) is 1. The minimum absolute atomic E-state index is 0.140. The number of anilines is 1. The summed E-state index contributed by atoms with van der Waals surface area (Å²) in [5, 5.41) is 0.658. The lowest BCUT2D eigenvalue weighted by Gasteiger charge is -2.08. The Morgan fingerprint density at radius 2 is 2.22 bits per heavy atom. The molecule has 0 spiro atoms. The van der Waals surface area contributed by atoms with E-state index < -0.39 is 10.0 Å². The fraction of sp³-hybridized carbons (Fsp3) is 0.333. The molecule has 1 unspecified atom stereocenters. The van der Waals surface area contributed by atoms with Gasteiger partial charge in [0.05, 0.1) is 4.90 Å². The molecule has 0 aliphatic rings. The van der Waals surface area contributed by atoms with E-state index in [9.17, 15) is 8.42 Å². The van der Waals surface area contributed by atoms with Crippen LogP contribution in [0.15, 0.2) is 23.1 Å². The predicted molar refractivity (Wildman–Crippen MR) is 94.0 cm³/mol. The number of hydrogen-bond acceptors (Lipinski definition) is 5. The summed E-state index contributed by atoms with van der Waals surface area (Å²) < 4.78 is 31.5. The molecule has 0 aliphatic carbocycles. The van der Waals surface area contributed by atoms with E-state index in [1.165, 1.54) is 6.07 Å². The third-order valence-electron chi connectivity index (χ3n) is 3.13. The van der Waals surface area contributed by atoms with Crippen LogP contribution in [0.4, 0.5) is 5.13 Å². The molecule has 1 heterocycles. The fourth-order valence-corrected chi connectivity index (χ4v) is 4.28. The third kappa shape index (κ3) is 4.89. The number of halogens is 1. The fourth-order valence-electron chi connectivity index (χ4n) is 1.94. The highest BCUT2D eigenvalue weighted by atomic mass is 35.5. The molecule has 2 radical (unpaired) electrons. The molecule has 1 aromatic heterocycles. The molecule has 124 valence electrons. The number of sulfonamides is 1. The van der Waals surface area contributed by atoms with E-state index in [-0.39, 0.29) is 15.9 Å². The highest BCUT2D eigenvalue weighted by Crippen LogP contribution is 2.25.